The number of nitrogens with one attached hydrogen (secondary N) is 1. The largest absolute Gasteiger partial charge is 0.391 e. The fourth-order valence-electron chi connectivity index (χ4n) is 1.28. The Morgan fingerprint density at radius 2 is 2.31 bits per heavy atom. The summed E-state index contributed by atoms with van der Waals surface area (Å²) in [7, 11) is 0. The van der Waals surface area contributed by atoms with Crippen molar-refractivity contribution >= 4 is 11.9 Å². The van der Waals surface area contributed by atoms with Crippen LogP contribution in [0, 0.1) is 0 Å². The highest BCUT2D eigenvalue weighted by atomic mass is 16.3. The second kappa shape index (κ2) is 4.23. The van der Waals surface area contributed by atoms with E-state index in [2.05, 4.69) is 5.32 Å². The summed E-state index contributed by atoms with van der Waals surface area (Å²) in [6.07, 6.45) is 0.847. The van der Waals surface area contributed by atoms with Gasteiger partial charge in [-0.25, -0.2) is 4.79 Å². The van der Waals surface area contributed by atoms with Crippen LogP contribution in [0.1, 0.15) is 19.8 Å². The fraction of sp³-hybridized carbons (Fsp3) is 0.750. The van der Waals surface area contributed by atoms with Crippen LogP contribution < -0.4 is 5.32 Å². The zero-order valence-electron chi connectivity index (χ0n) is 7.62. The van der Waals surface area contributed by atoms with Crippen molar-refractivity contribution in [3.63, 3.8) is 0 Å². The number of hydrogen-bond donors (Lipinski definition) is 2. The summed E-state index contributed by atoms with van der Waals surface area (Å²) in [5.41, 5.74) is 0. The number of β-amino-alcohol motifs (C(OH)–C–C–N with tert-alkyl or cyclic N) is 1. The number of nitrogens with zero attached hydrogens (tertiary/aromatic N) is 1. The van der Waals surface area contributed by atoms with Crippen molar-refractivity contribution in [2.24, 2.45) is 0 Å². The Balaban J connectivity index is 2.43. The van der Waals surface area contributed by atoms with Crippen molar-refractivity contribution in [2.75, 3.05) is 13.1 Å². The minimum absolute atomic E-state index is 0.0533. The van der Waals surface area contributed by atoms with E-state index in [1.165, 1.54) is 0 Å². The molecule has 0 aliphatic carbocycles. The lowest BCUT2D eigenvalue weighted by Crippen LogP contribution is -2.37. The molecule has 1 atom stereocenters. The molecule has 0 bridgehead atoms. The van der Waals surface area contributed by atoms with Gasteiger partial charge in [0.05, 0.1) is 19.2 Å². The van der Waals surface area contributed by atoms with E-state index >= 15 is 0 Å². The van der Waals surface area contributed by atoms with Crippen LogP contribution in [0.5, 0.6) is 0 Å². The van der Waals surface area contributed by atoms with E-state index in [0.29, 0.717) is 6.42 Å². The molecule has 5 heteroatoms. The molecule has 0 aromatic carbocycles. The van der Waals surface area contributed by atoms with Gasteiger partial charge in [0.1, 0.15) is 0 Å². The molecule has 74 valence electrons. The molecule has 0 aromatic rings. The summed E-state index contributed by atoms with van der Waals surface area (Å²) in [5, 5.41) is 11.8. The van der Waals surface area contributed by atoms with Gasteiger partial charge in [-0.3, -0.25) is 9.69 Å². The molecule has 1 saturated heterocycles. The number of amides is 3. The molecule has 1 heterocycles. The van der Waals surface area contributed by atoms with Gasteiger partial charge in [-0.2, -0.15) is 0 Å². The van der Waals surface area contributed by atoms with Gasteiger partial charge in [-0.05, 0) is 6.42 Å². The Morgan fingerprint density at radius 1 is 1.62 bits per heavy atom. The summed E-state index contributed by atoms with van der Waals surface area (Å²) in [6.45, 7) is 2.10. The maximum absolute atomic E-state index is 11.1. The predicted molar refractivity (Wildman–Crippen MR) is 46.0 cm³/mol. The van der Waals surface area contributed by atoms with E-state index in [-0.39, 0.29) is 19.0 Å². The molecule has 1 rings (SSSR count). The van der Waals surface area contributed by atoms with Crippen molar-refractivity contribution in [3.8, 4) is 0 Å². The summed E-state index contributed by atoms with van der Waals surface area (Å²) in [4.78, 5) is 23.1. The normalized spacial score (nSPS) is 19.1. The zero-order valence-corrected chi connectivity index (χ0v) is 7.62. The molecule has 0 aromatic heterocycles. The monoisotopic (exact) mass is 186 g/mol. The number of urea groups is 1. The maximum atomic E-state index is 11.1. The van der Waals surface area contributed by atoms with E-state index in [9.17, 15) is 14.7 Å². The van der Waals surface area contributed by atoms with Crippen LogP contribution >= 0.6 is 0 Å². The third-order valence-electron chi connectivity index (χ3n) is 1.95. The lowest BCUT2D eigenvalue weighted by atomic mass is 10.2. The van der Waals surface area contributed by atoms with Crippen LogP contribution in [-0.2, 0) is 4.79 Å². The number of aliphatic hydroxyl groups excluding tert-OH is 1. The fourth-order valence-corrected chi connectivity index (χ4v) is 1.28. The molecule has 0 spiro atoms. The third-order valence-corrected chi connectivity index (χ3v) is 1.95. The minimum Gasteiger partial charge on any atom is -0.391 e. The smallest absolute Gasteiger partial charge is 0.324 e. The number of aliphatic hydroxyl groups is 1. The number of carbonyl (C=O) groups is 2. The standard InChI is InChI=1S/C8H14N2O3/c1-2-3-6(11)5-10-7(12)4-9-8(10)13/h6,11H,2-5H2,1H3,(H,9,13). The number of imide groups is 1. The van der Waals surface area contributed by atoms with E-state index in [1.54, 1.807) is 0 Å². The van der Waals surface area contributed by atoms with Gasteiger partial charge in [0.25, 0.3) is 0 Å². The van der Waals surface area contributed by atoms with Crippen molar-refractivity contribution < 1.29 is 14.7 Å². The first-order valence-corrected chi connectivity index (χ1v) is 4.41. The average molecular weight is 186 g/mol. The van der Waals surface area contributed by atoms with Crippen LogP contribution in [-0.4, -0.2) is 41.1 Å². The number of rotatable bonds is 4. The van der Waals surface area contributed by atoms with Gasteiger partial charge in [-0.15, -0.1) is 0 Å². The van der Waals surface area contributed by atoms with Crippen LogP contribution in [0.4, 0.5) is 4.79 Å². The Bertz CT molecular complexity index is 201. The van der Waals surface area contributed by atoms with Crippen molar-refractivity contribution in [1.29, 1.82) is 0 Å². The van der Waals surface area contributed by atoms with Gasteiger partial charge in [0, 0.05) is 0 Å². The predicted octanol–water partition coefficient (Wildman–Crippen LogP) is -0.301. The number of carbonyl (C=O) groups excluding carboxylic acids is 2. The average Bonchev–Trinajstić information content (AvgIpc) is 2.36. The van der Waals surface area contributed by atoms with Crippen LogP contribution in [0.15, 0.2) is 0 Å². The van der Waals surface area contributed by atoms with Gasteiger partial charge in [0.2, 0.25) is 5.91 Å². The molecule has 13 heavy (non-hydrogen) atoms. The summed E-state index contributed by atoms with van der Waals surface area (Å²) >= 11 is 0. The van der Waals surface area contributed by atoms with Crippen LogP contribution in [0.3, 0.4) is 0 Å². The molecule has 1 fully saturated rings. The molecule has 0 radical (unpaired) electrons. The highest BCUT2D eigenvalue weighted by molar-refractivity contribution is 6.01. The van der Waals surface area contributed by atoms with Gasteiger partial charge < -0.3 is 10.4 Å². The van der Waals surface area contributed by atoms with E-state index in [0.717, 1.165) is 11.3 Å². The second-order valence-corrected chi connectivity index (χ2v) is 3.11. The zero-order chi connectivity index (χ0) is 9.84. The topological polar surface area (TPSA) is 69.6 Å². The summed E-state index contributed by atoms with van der Waals surface area (Å²) < 4.78 is 0. The van der Waals surface area contributed by atoms with E-state index in [4.69, 9.17) is 0 Å². The first-order chi connectivity index (χ1) is 6.15. The Hall–Kier alpha value is -1.10. The minimum atomic E-state index is -0.599. The lowest BCUT2D eigenvalue weighted by Gasteiger charge is -2.16. The SMILES string of the molecule is CCCC(O)CN1C(=O)CNC1=O. The van der Waals surface area contributed by atoms with Crippen molar-refractivity contribution in [1.82, 2.24) is 10.2 Å². The molecule has 0 saturated carbocycles. The molecule has 2 N–H and O–H groups in total. The van der Waals surface area contributed by atoms with Gasteiger partial charge >= 0.3 is 6.03 Å². The first kappa shape index (κ1) is 9.98. The number of hydrogen-bond acceptors (Lipinski definition) is 3. The Morgan fingerprint density at radius 3 is 2.77 bits per heavy atom. The van der Waals surface area contributed by atoms with Crippen molar-refractivity contribution in [3.05, 3.63) is 0 Å². The molecule has 3 amide bonds. The van der Waals surface area contributed by atoms with Crippen LogP contribution in [0.2, 0.25) is 0 Å². The summed E-state index contributed by atoms with van der Waals surface area (Å²) in [5.74, 6) is -0.264. The van der Waals surface area contributed by atoms with Gasteiger partial charge in [0.15, 0.2) is 0 Å². The molecular weight excluding hydrogens is 172 g/mol. The van der Waals surface area contributed by atoms with E-state index < -0.39 is 12.1 Å². The van der Waals surface area contributed by atoms with Crippen LogP contribution in [0.25, 0.3) is 0 Å². The van der Waals surface area contributed by atoms with Gasteiger partial charge in [-0.1, -0.05) is 13.3 Å². The maximum Gasteiger partial charge on any atom is 0.324 e. The Labute approximate surface area is 76.7 Å². The highest BCUT2D eigenvalue weighted by Gasteiger charge is 2.29. The highest BCUT2D eigenvalue weighted by Crippen LogP contribution is 2.04. The second-order valence-electron chi connectivity index (χ2n) is 3.11. The lowest BCUT2D eigenvalue weighted by molar-refractivity contribution is -0.126. The molecular formula is C8H14N2O3. The molecule has 1 unspecified atom stereocenters. The molecule has 1 aliphatic rings. The van der Waals surface area contributed by atoms with E-state index in [1.807, 2.05) is 6.92 Å². The quantitative estimate of drug-likeness (QED) is 0.592. The Kier molecular flexibility index (Phi) is 3.25. The van der Waals surface area contributed by atoms with Crippen molar-refractivity contribution in [2.45, 2.75) is 25.9 Å². The first-order valence-electron chi connectivity index (χ1n) is 4.41. The molecule has 5 nitrogen and oxygen atoms in total. The summed E-state index contributed by atoms with van der Waals surface area (Å²) in [6, 6.07) is -0.403. The molecule has 1 aliphatic heterocycles. The third kappa shape index (κ3) is 2.42.